The van der Waals surface area contributed by atoms with Gasteiger partial charge in [-0.25, -0.2) is 0 Å². The molecule has 146 valence electrons. The summed E-state index contributed by atoms with van der Waals surface area (Å²) in [4.78, 5) is 21.3. The fourth-order valence-corrected chi connectivity index (χ4v) is 5.84. The maximum atomic E-state index is 13.1. The van der Waals surface area contributed by atoms with Crippen LogP contribution in [0, 0.1) is 0 Å². The molecule has 1 aliphatic carbocycles. The molecule has 0 unspecified atom stereocenters. The van der Waals surface area contributed by atoms with Crippen molar-refractivity contribution in [1.82, 2.24) is 0 Å². The van der Waals surface area contributed by atoms with E-state index < -0.39 is 0 Å². The van der Waals surface area contributed by atoms with Gasteiger partial charge in [0.2, 0.25) is 5.91 Å². The van der Waals surface area contributed by atoms with Gasteiger partial charge in [0.1, 0.15) is 11.5 Å². The Labute approximate surface area is 179 Å². The van der Waals surface area contributed by atoms with Crippen LogP contribution in [0.3, 0.4) is 0 Å². The highest BCUT2D eigenvalue weighted by Gasteiger charge is 2.32. The van der Waals surface area contributed by atoms with Crippen LogP contribution < -0.4 is 4.90 Å². The third kappa shape index (κ3) is 3.41. The van der Waals surface area contributed by atoms with E-state index in [9.17, 15) is 4.79 Å². The number of fused-ring (bicyclic) bond motifs is 3. The average Bonchev–Trinajstić information content (AvgIpc) is 3.07. The minimum atomic E-state index is 0.0377. The van der Waals surface area contributed by atoms with Gasteiger partial charge < -0.3 is 0 Å². The lowest BCUT2D eigenvalue weighted by Crippen LogP contribution is -2.31. The number of halogens is 1. The Morgan fingerprint density at radius 3 is 2.59 bits per heavy atom. The van der Waals surface area contributed by atoms with Gasteiger partial charge in [-0.2, -0.15) is 0 Å². The van der Waals surface area contributed by atoms with E-state index in [0.717, 1.165) is 40.2 Å². The number of thiophene rings is 1. The molecule has 3 nitrogen and oxygen atoms in total. The summed E-state index contributed by atoms with van der Waals surface area (Å²) >= 11 is 8.32. The lowest BCUT2D eigenvalue weighted by Gasteiger charge is -2.21. The van der Waals surface area contributed by atoms with Crippen LogP contribution in [0.4, 0.5) is 5.00 Å². The number of anilines is 1. The fourth-order valence-electron chi connectivity index (χ4n) is 4.21. The standard InChI is InChI=1S/C24H21ClN2OS/c25-19-12-6-4-10-17(19)23-22-18-11-5-7-13-20(18)29-24(22)27(21(28)14-26-23)15-16-8-2-1-3-9-16/h1-4,6,8-10,12H,5,7,11,13-15H2. The molecule has 0 spiro atoms. The Bertz CT molecular complexity index is 1100. The molecule has 0 saturated carbocycles. The average molecular weight is 421 g/mol. The van der Waals surface area contributed by atoms with E-state index in [0.29, 0.717) is 11.6 Å². The van der Waals surface area contributed by atoms with Crippen molar-refractivity contribution in [1.29, 1.82) is 0 Å². The molecule has 0 atom stereocenters. The Kier molecular flexibility index (Phi) is 4.98. The van der Waals surface area contributed by atoms with Crippen LogP contribution in [-0.2, 0) is 24.2 Å². The van der Waals surface area contributed by atoms with E-state index in [1.165, 1.54) is 23.3 Å². The molecule has 0 bridgehead atoms. The van der Waals surface area contributed by atoms with Gasteiger partial charge in [-0.1, -0.05) is 60.1 Å². The van der Waals surface area contributed by atoms with E-state index >= 15 is 0 Å². The van der Waals surface area contributed by atoms with Crippen molar-refractivity contribution in [3.05, 3.63) is 86.8 Å². The van der Waals surface area contributed by atoms with Crippen LogP contribution in [-0.4, -0.2) is 18.2 Å². The second kappa shape index (κ2) is 7.77. The first kappa shape index (κ1) is 18.6. The molecule has 0 saturated heterocycles. The molecule has 0 fully saturated rings. The molecule has 1 aromatic heterocycles. The van der Waals surface area contributed by atoms with Gasteiger partial charge in [0.15, 0.2) is 0 Å². The summed E-state index contributed by atoms with van der Waals surface area (Å²) in [7, 11) is 0. The number of hydrogen-bond acceptors (Lipinski definition) is 3. The summed E-state index contributed by atoms with van der Waals surface area (Å²) in [5.74, 6) is 0.0377. The number of carbonyl (C=O) groups is 1. The minimum absolute atomic E-state index is 0.0377. The molecule has 3 aromatic rings. The van der Waals surface area contributed by atoms with Crippen molar-refractivity contribution < 1.29 is 4.79 Å². The van der Waals surface area contributed by atoms with Gasteiger partial charge in [0.05, 0.1) is 12.3 Å². The lowest BCUT2D eigenvalue weighted by molar-refractivity contribution is -0.117. The Morgan fingerprint density at radius 1 is 1.00 bits per heavy atom. The molecule has 0 radical (unpaired) electrons. The van der Waals surface area contributed by atoms with E-state index in [4.69, 9.17) is 16.6 Å². The monoisotopic (exact) mass is 420 g/mol. The van der Waals surface area contributed by atoms with E-state index in [2.05, 4.69) is 12.1 Å². The topological polar surface area (TPSA) is 32.7 Å². The number of aryl methyl sites for hydroxylation is 1. The zero-order chi connectivity index (χ0) is 19.8. The van der Waals surface area contributed by atoms with Gasteiger partial charge in [-0.3, -0.25) is 14.7 Å². The highest BCUT2D eigenvalue weighted by Crippen LogP contribution is 2.43. The first-order valence-electron chi connectivity index (χ1n) is 10.0. The van der Waals surface area contributed by atoms with Gasteiger partial charge >= 0.3 is 0 Å². The molecule has 2 heterocycles. The normalized spacial score (nSPS) is 16.1. The van der Waals surface area contributed by atoms with Crippen molar-refractivity contribution in [3.8, 4) is 0 Å². The largest absolute Gasteiger partial charge is 0.297 e. The molecule has 29 heavy (non-hydrogen) atoms. The minimum Gasteiger partial charge on any atom is -0.297 e. The molecule has 2 aliphatic rings. The van der Waals surface area contributed by atoms with E-state index in [-0.39, 0.29) is 12.5 Å². The first-order valence-corrected chi connectivity index (χ1v) is 11.2. The molecule has 5 rings (SSSR count). The molecular formula is C24H21ClN2OS. The molecular weight excluding hydrogens is 400 g/mol. The van der Waals surface area contributed by atoms with Crippen molar-refractivity contribution in [2.75, 3.05) is 11.4 Å². The number of rotatable bonds is 3. The summed E-state index contributed by atoms with van der Waals surface area (Å²) < 4.78 is 0. The van der Waals surface area contributed by atoms with Crippen molar-refractivity contribution >= 4 is 39.6 Å². The zero-order valence-corrected chi connectivity index (χ0v) is 17.6. The van der Waals surface area contributed by atoms with Crippen LogP contribution in [0.5, 0.6) is 0 Å². The highest BCUT2D eigenvalue weighted by atomic mass is 35.5. The SMILES string of the molecule is O=C1CN=C(c2ccccc2Cl)c2c(sc3c2CCCC3)N1Cc1ccccc1. The number of hydrogen-bond donors (Lipinski definition) is 0. The van der Waals surface area contributed by atoms with Crippen molar-refractivity contribution in [3.63, 3.8) is 0 Å². The fraction of sp³-hybridized carbons (Fsp3) is 0.250. The number of benzene rings is 2. The molecule has 2 aromatic carbocycles. The van der Waals surface area contributed by atoms with Gasteiger partial charge in [0.25, 0.3) is 0 Å². The summed E-state index contributed by atoms with van der Waals surface area (Å²) in [6, 6.07) is 18.0. The van der Waals surface area contributed by atoms with Gasteiger partial charge in [0, 0.05) is 21.0 Å². The summed E-state index contributed by atoms with van der Waals surface area (Å²) in [6.07, 6.45) is 4.50. The smallest absolute Gasteiger partial charge is 0.249 e. The summed E-state index contributed by atoms with van der Waals surface area (Å²) in [5, 5.41) is 1.71. The third-order valence-electron chi connectivity index (χ3n) is 5.62. The quantitative estimate of drug-likeness (QED) is 0.537. The Morgan fingerprint density at radius 2 is 1.76 bits per heavy atom. The molecule has 1 amide bonds. The van der Waals surface area contributed by atoms with Crippen molar-refractivity contribution in [2.24, 2.45) is 4.99 Å². The van der Waals surface area contributed by atoms with Gasteiger partial charge in [-0.15, -0.1) is 11.3 Å². The number of aliphatic imine (C=N–C) groups is 1. The second-order valence-electron chi connectivity index (χ2n) is 7.50. The van der Waals surface area contributed by atoms with E-state index in [1.54, 1.807) is 11.3 Å². The van der Waals surface area contributed by atoms with Crippen LogP contribution in [0.15, 0.2) is 59.6 Å². The Balaban J connectivity index is 1.68. The van der Waals surface area contributed by atoms with Crippen LogP contribution >= 0.6 is 22.9 Å². The predicted octanol–water partition coefficient (Wildman–Crippen LogP) is 5.66. The van der Waals surface area contributed by atoms with E-state index in [1.807, 2.05) is 47.4 Å². The molecule has 1 aliphatic heterocycles. The second-order valence-corrected chi connectivity index (χ2v) is 8.99. The van der Waals surface area contributed by atoms with Gasteiger partial charge in [-0.05, 0) is 42.9 Å². The Hall–Kier alpha value is -2.43. The highest BCUT2D eigenvalue weighted by molar-refractivity contribution is 7.17. The zero-order valence-electron chi connectivity index (χ0n) is 16.0. The predicted molar refractivity (Wildman–Crippen MR) is 121 cm³/mol. The number of nitrogens with zero attached hydrogens (tertiary/aromatic N) is 2. The van der Waals surface area contributed by atoms with Crippen molar-refractivity contribution in [2.45, 2.75) is 32.2 Å². The maximum Gasteiger partial charge on any atom is 0.249 e. The third-order valence-corrected chi connectivity index (χ3v) is 7.27. The number of amides is 1. The number of carbonyl (C=O) groups excluding carboxylic acids is 1. The molecule has 5 heteroatoms. The van der Waals surface area contributed by atoms with Crippen LogP contribution in [0.25, 0.3) is 0 Å². The summed E-state index contributed by atoms with van der Waals surface area (Å²) in [5.41, 5.74) is 5.39. The van der Waals surface area contributed by atoms with Crippen LogP contribution in [0.1, 0.15) is 40.0 Å². The maximum absolute atomic E-state index is 13.1. The summed E-state index contributed by atoms with van der Waals surface area (Å²) in [6.45, 7) is 0.709. The molecule has 0 N–H and O–H groups in total. The van der Waals surface area contributed by atoms with Crippen LogP contribution in [0.2, 0.25) is 5.02 Å². The first-order chi connectivity index (χ1) is 14.2. The lowest BCUT2D eigenvalue weighted by atomic mass is 9.91.